The fourth-order valence-corrected chi connectivity index (χ4v) is 3.25. The van der Waals surface area contributed by atoms with Gasteiger partial charge in [-0.15, -0.1) is 0 Å². The highest BCUT2D eigenvalue weighted by Gasteiger charge is 2.25. The van der Waals surface area contributed by atoms with Crippen LogP contribution in [0.4, 0.5) is 5.82 Å². The molecule has 7 heteroatoms. The Bertz CT molecular complexity index is 784. The SMILES string of the molecule is Cc1cnn(C2CCCc3ccccc32)c1NC(=O)CNC(=O)CN. The Morgan fingerprint density at radius 2 is 2.12 bits per heavy atom. The maximum atomic E-state index is 12.2. The van der Waals surface area contributed by atoms with Gasteiger partial charge in [0, 0.05) is 5.56 Å². The molecule has 0 aliphatic heterocycles. The average Bonchev–Trinajstić information content (AvgIpc) is 2.99. The van der Waals surface area contributed by atoms with Crippen LogP contribution in [-0.4, -0.2) is 34.7 Å². The molecule has 1 aromatic carbocycles. The van der Waals surface area contributed by atoms with Crippen LogP contribution in [0.1, 0.15) is 35.6 Å². The molecule has 132 valence electrons. The van der Waals surface area contributed by atoms with Crippen LogP contribution in [0.25, 0.3) is 0 Å². The van der Waals surface area contributed by atoms with E-state index in [4.69, 9.17) is 5.73 Å². The van der Waals surface area contributed by atoms with E-state index < -0.39 is 0 Å². The van der Waals surface area contributed by atoms with Gasteiger partial charge in [-0.3, -0.25) is 9.59 Å². The van der Waals surface area contributed by atoms with Gasteiger partial charge in [0.1, 0.15) is 5.82 Å². The van der Waals surface area contributed by atoms with Gasteiger partial charge in [-0.25, -0.2) is 4.68 Å². The number of benzene rings is 1. The first-order valence-corrected chi connectivity index (χ1v) is 8.48. The summed E-state index contributed by atoms with van der Waals surface area (Å²) in [5.74, 6) is 0.0195. The van der Waals surface area contributed by atoms with Gasteiger partial charge in [0.15, 0.2) is 0 Å². The summed E-state index contributed by atoms with van der Waals surface area (Å²) < 4.78 is 1.88. The number of anilines is 1. The second-order valence-electron chi connectivity index (χ2n) is 6.26. The van der Waals surface area contributed by atoms with Crippen LogP contribution in [-0.2, 0) is 16.0 Å². The molecule has 2 aromatic rings. The van der Waals surface area contributed by atoms with E-state index in [-0.39, 0.29) is 30.9 Å². The zero-order valence-corrected chi connectivity index (χ0v) is 14.3. The lowest BCUT2D eigenvalue weighted by Crippen LogP contribution is -2.37. The minimum absolute atomic E-state index is 0.104. The molecule has 2 amide bonds. The van der Waals surface area contributed by atoms with E-state index in [1.807, 2.05) is 17.7 Å². The maximum Gasteiger partial charge on any atom is 0.244 e. The van der Waals surface area contributed by atoms with Gasteiger partial charge >= 0.3 is 0 Å². The number of nitrogens with two attached hydrogens (primary N) is 1. The molecule has 0 saturated carbocycles. The number of aryl methyl sites for hydroxylation is 2. The van der Waals surface area contributed by atoms with Crippen LogP contribution >= 0.6 is 0 Å². The fraction of sp³-hybridized carbons (Fsp3) is 0.389. The standard InChI is InChI=1S/C18H23N5O2/c1-12-10-21-23(18(12)22-17(25)11-20-16(24)9-19)15-8-4-6-13-5-2-3-7-14(13)15/h2-3,5,7,10,15H,4,6,8-9,11,19H2,1H3,(H,20,24)(H,22,25). The average molecular weight is 341 g/mol. The Labute approximate surface area is 146 Å². The third kappa shape index (κ3) is 3.71. The normalized spacial score (nSPS) is 16.2. The number of nitrogens with zero attached hydrogens (tertiary/aromatic N) is 2. The molecule has 0 fully saturated rings. The van der Waals surface area contributed by atoms with Crippen molar-refractivity contribution < 1.29 is 9.59 Å². The second-order valence-corrected chi connectivity index (χ2v) is 6.26. The van der Waals surface area contributed by atoms with Crippen molar-refractivity contribution in [3.63, 3.8) is 0 Å². The molecule has 0 saturated heterocycles. The summed E-state index contributed by atoms with van der Waals surface area (Å²) in [7, 11) is 0. The van der Waals surface area contributed by atoms with Crippen LogP contribution in [0, 0.1) is 6.92 Å². The summed E-state index contributed by atoms with van der Waals surface area (Å²) in [4.78, 5) is 23.4. The van der Waals surface area contributed by atoms with Crippen LogP contribution in [0.5, 0.6) is 0 Å². The van der Waals surface area contributed by atoms with Gasteiger partial charge in [0.25, 0.3) is 0 Å². The van der Waals surface area contributed by atoms with E-state index in [0.717, 1.165) is 24.8 Å². The van der Waals surface area contributed by atoms with Gasteiger partial charge in [-0.2, -0.15) is 5.10 Å². The number of carbonyl (C=O) groups excluding carboxylic acids is 2. The Morgan fingerprint density at radius 1 is 1.32 bits per heavy atom. The molecule has 0 bridgehead atoms. The van der Waals surface area contributed by atoms with Crippen molar-refractivity contribution >= 4 is 17.6 Å². The van der Waals surface area contributed by atoms with Crippen molar-refractivity contribution in [2.45, 2.75) is 32.2 Å². The molecule has 25 heavy (non-hydrogen) atoms. The van der Waals surface area contributed by atoms with Crippen molar-refractivity contribution in [1.29, 1.82) is 0 Å². The first-order valence-electron chi connectivity index (χ1n) is 8.48. The number of amides is 2. The van der Waals surface area contributed by atoms with E-state index in [1.54, 1.807) is 6.20 Å². The van der Waals surface area contributed by atoms with Gasteiger partial charge in [-0.1, -0.05) is 24.3 Å². The second kappa shape index (κ2) is 7.48. The quantitative estimate of drug-likeness (QED) is 0.758. The van der Waals surface area contributed by atoms with Gasteiger partial charge in [0.2, 0.25) is 11.8 Å². The topological polar surface area (TPSA) is 102 Å². The molecule has 1 aromatic heterocycles. The number of fused-ring (bicyclic) bond motifs is 1. The lowest BCUT2D eigenvalue weighted by Gasteiger charge is -2.27. The first-order chi connectivity index (χ1) is 12.1. The fourth-order valence-electron chi connectivity index (χ4n) is 3.25. The van der Waals surface area contributed by atoms with Gasteiger partial charge < -0.3 is 16.4 Å². The van der Waals surface area contributed by atoms with E-state index >= 15 is 0 Å². The summed E-state index contributed by atoms with van der Waals surface area (Å²) in [6, 6.07) is 8.47. The Hall–Kier alpha value is -2.67. The zero-order valence-electron chi connectivity index (χ0n) is 14.3. The molecule has 1 atom stereocenters. The number of nitrogens with one attached hydrogen (secondary N) is 2. The van der Waals surface area contributed by atoms with E-state index in [0.29, 0.717) is 5.82 Å². The highest BCUT2D eigenvalue weighted by Crippen LogP contribution is 2.34. The van der Waals surface area contributed by atoms with E-state index in [9.17, 15) is 9.59 Å². The number of carbonyl (C=O) groups is 2. The molecule has 0 spiro atoms. The van der Waals surface area contributed by atoms with Crippen LogP contribution in [0.15, 0.2) is 30.5 Å². The third-order valence-corrected chi connectivity index (χ3v) is 4.50. The van der Waals surface area contributed by atoms with Crippen molar-refractivity contribution in [3.8, 4) is 0 Å². The smallest absolute Gasteiger partial charge is 0.244 e. The van der Waals surface area contributed by atoms with Crippen LogP contribution < -0.4 is 16.4 Å². The largest absolute Gasteiger partial charge is 0.346 e. The number of hydrogen-bond donors (Lipinski definition) is 3. The highest BCUT2D eigenvalue weighted by molar-refractivity contribution is 5.94. The monoisotopic (exact) mass is 341 g/mol. The van der Waals surface area contributed by atoms with Gasteiger partial charge in [0.05, 0.1) is 25.3 Å². The molecule has 1 unspecified atom stereocenters. The number of rotatable bonds is 5. The Kier molecular flexibility index (Phi) is 5.14. The van der Waals surface area contributed by atoms with E-state index in [2.05, 4.69) is 33.9 Å². The van der Waals surface area contributed by atoms with Crippen LogP contribution in [0.2, 0.25) is 0 Å². The molecule has 0 radical (unpaired) electrons. The van der Waals surface area contributed by atoms with Gasteiger partial charge in [-0.05, 0) is 37.3 Å². The first kappa shape index (κ1) is 17.2. The summed E-state index contributed by atoms with van der Waals surface area (Å²) in [6.45, 7) is 1.66. The van der Waals surface area contributed by atoms with Crippen molar-refractivity contribution in [3.05, 3.63) is 47.2 Å². The molecule has 4 N–H and O–H groups in total. The molecular weight excluding hydrogens is 318 g/mol. The number of aromatic nitrogens is 2. The molecule has 1 aliphatic carbocycles. The van der Waals surface area contributed by atoms with Crippen molar-refractivity contribution in [2.75, 3.05) is 18.4 Å². The highest BCUT2D eigenvalue weighted by atomic mass is 16.2. The lowest BCUT2D eigenvalue weighted by atomic mass is 9.88. The minimum Gasteiger partial charge on any atom is -0.346 e. The number of hydrogen-bond acceptors (Lipinski definition) is 4. The summed E-state index contributed by atoms with van der Waals surface area (Å²) in [5, 5.41) is 9.84. The summed E-state index contributed by atoms with van der Waals surface area (Å²) in [6.07, 6.45) is 4.89. The third-order valence-electron chi connectivity index (χ3n) is 4.50. The Balaban J connectivity index is 1.81. The van der Waals surface area contributed by atoms with Crippen molar-refractivity contribution in [2.24, 2.45) is 5.73 Å². The zero-order chi connectivity index (χ0) is 17.8. The predicted molar refractivity (Wildman–Crippen MR) is 95.2 cm³/mol. The molecule has 1 heterocycles. The lowest BCUT2D eigenvalue weighted by molar-refractivity contribution is -0.123. The molecular formula is C18H23N5O2. The van der Waals surface area contributed by atoms with Crippen molar-refractivity contribution in [1.82, 2.24) is 15.1 Å². The summed E-state index contributed by atoms with van der Waals surface area (Å²) >= 11 is 0. The predicted octanol–water partition coefficient (Wildman–Crippen LogP) is 1.13. The maximum absolute atomic E-state index is 12.2. The molecule has 3 rings (SSSR count). The summed E-state index contributed by atoms with van der Waals surface area (Å²) in [5.41, 5.74) is 8.70. The minimum atomic E-state index is -0.360. The Morgan fingerprint density at radius 3 is 2.92 bits per heavy atom. The molecule has 7 nitrogen and oxygen atoms in total. The van der Waals surface area contributed by atoms with Crippen LogP contribution in [0.3, 0.4) is 0 Å². The molecule has 1 aliphatic rings. The van der Waals surface area contributed by atoms with E-state index in [1.165, 1.54) is 11.1 Å².